The minimum Gasteiger partial charge on any atom is -0.457 e. The monoisotopic (exact) mass is 326 g/mol. The number of H-pyrrole nitrogens is 1. The molecule has 1 N–H and O–H groups in total. The van der Waals surface area contributed by atoms with Gasteiger partial charge in [0.05, 0.1) is 5.69 Å². The van der Waals surface area contributed by atoms with E-state index >= 15 is 0 Å². The molecule has 0 unspecified atom stereocenters. The molecule has 0 atom stereocenters. The van der Waals surface area contributed by atoms with E-state index in [-0.39, 0.29) is 5.56 Å². The molecule has 0 saturated heterocycles. The molecule has 1 heterocycles. The topological polar surface area (TPSA) is 55.0 Å². The third-order valence-electron chi connectivity index (χ3n) is 3.40. The van der Waals surface area contributed by atoms with Gasteiger partial charge in [-0.1, -0.05) is 29.8 Å². The molecule has 0 saturated carbocycles. The van der Waals surface area contributed by atoms with Crippen LogP contribution in [0.4, 0.5) is 0 Å². The Morgan fingerprint density at radius 3 is 2.74 bits per heavy atom. The van der Waals surface area contributed by atoms with Gasteiger partial charge >= 0.3 is 0 Å². The molecule has 23 heavy (non-hydrogen) atoms. The average molecular weight is 327 g/mol. The van der Waals surface area contributed by atoms with Crippen molar-refractivity contribution >= 4 is 11.6 Å². The molecule has 0 bridgehead atoms. The summed E-state index contributed by atoms with van der Waals surface area (Å²) in [5.41, 5.74) is 2.67. The first-order valence-corrected chi connectivity index (χ1v) is 7.55. The SMILES string of the molecule is Cc1ccc(Cc2ccc(=O)[nH]n2)cc1Oc1cccc(Cl)c1. The van der Waals surface area contributed by atoms with Crippen molar-refractivity contribution in [1.29, 1.82) is 0 Å². The number of nitrogens with one attached hydrogen (secondary N) is 1. The molecule has 4 nitrogen and oxygen atoms in total. The van der Waals surface area contributed by atoms with Crippen molar-refractivity contribution in [3.8, 4) is 11.5 Å². The normalized spacial score (nSPS) is 10.5. The van der Waals surface area contributed by atoms with Gasteiger partial charge in [0.25, 0.3) is 5.56 Å². The number of aromatic amines is 1. The van der Waals surface area contributed by atoms with Gasteiger partial charge in [-0.3, -0.25) is 4.79 Å². The summed E-state index contributed by atoms with van der Waals surface area (Å²) in [4.78, 5) is 11.1. The zero-order chi connectivity index (χ0) is 16.2. The summed E-state index contributed by atoms with van der Waals surface area (Å²) in [6.07, 6.45) is 0.614. The lowest BCUT2D eigenvalue weighted by Gasteiger charge is -2.11. The first kappa shape index (κ1) is 15.3. The van der Waals surface area contributed by atoms with Gasteiger partial charge in [-0.15, -0.1) is 0 Å². The highest BCUT2D eigenvalue weighted by Crippen LogP contribution is 2.28. The van der Waals surface area contributed by atoms with E-state index in [1.807, 2.05) is 37.3 Å². The Hall–Kier alpha value is -2.59. The Morgan fingerprint density at radius 1 is 1.13 bits per heavy atom. The molecule has 2 aromatic carbocycles. The van der Waals surface area contributed by atoms with Gasteiger partial charge in [0.1, 0.15) is 11.5 Å². The van der Waals surface area contributed by atoms with Crippen LogP contribution in [0, 0.1) is 6.92 Å². The van der Waals surface area contributed by atoms with Crippen molar-refractivity contribution < 1.29 is 4.74 Å². The van der Waals surface area contributed by atoms with Gasteiger partial charge in [0, 0.05) is 17.5 Å². The van der Waals surface area contributed by atoms with Crippen molar-refractivity contribution in [3.63, 3.8) is 0 Å². The van der Waals surface area contributed by atoms with Gasteiger partial charge in [-0.2, -0.15) is 5.10 Å². The highest BCUT2D eigenvalue weighted by molar-refractivity contribution is 6.30. The zero-order valence-electron chi connectivity index (χ0n) is 12.5. The summed E-state index contributed by atoms with van der Waals surface area (Å²) in [6, 6.07) is 16.5. The number of nitrogens with zero attached hydrogens (tertiary/aromatic N) is 1. The van der Waals surface area contributed by atoms with Crippen LogP contribution in [-0.2, 0) is 6.42 Å². The number of hydrogen-bond acceptors (Lipinski definition) is 3. The van der Waals surface area contributed by atoms with Gasteiger partial charge in [-0.05, 0) is 48.4 Å². The van der Waals surface area contributed by atoms with Crippen LogP contribution in [-0.4, -0.2) is 10.2 Å². The molecule has 5 heteroatoms. The minimum absolute atomic E-state index is 0.206. The van der Waals surface area contributed by atoms with Gasteiger partial charge in [0.15, 0.2) is 0 Å². The van der Waals surface area contributed by atoms with Gasteiger partial charge in [-0.25, -0.2) is 5.10 Å². The molecular formula is C18H15ClN2O2. The molecule has 3 aromatic rings. The Balaban J connectivity index is 1.84. The summed E-state index contributed by atoms with van der Waals surface area (Å²) < 4.78 is 5.92. The maximum Gasteiger partial charge on any atom is 0.264 e. The Kier molecular flexibility index (Phi) is 4.44. The number of halogens is 1. The Labute approximate surface area is 138 Å². The van der Waals surface area contributed by atoms with Crippen LogP contribution in [0.2, 0.25) is 5.02 Å². The molecule has 0 aliphatic rings. The molecule has 116 valence electrons. The Bertz CT molecular complexity index is 870. The second kappa shape index (κ2) is 6.67. The van der Waals surface area contributed by atoms with Crippen LogP contribution in [0.5, 0.6) is 11.5 Å². The van der Waals surface area contributed by atoms with Crippen LogP contribution in [0.3, 0.4) is 0 Å². The third-order valence-corrected chi connectivity index (χ3v) is 3.63. The van der Waals surface area contributed by atoms with Crippen molar-refractivity contribution in [3.05, 3.63) is 86.8 Å². The first-order chi connectivity index (χ1) is 11.1. The highest BCUT2D eigenvalue weighted by Gasteiger charge is 2.06. The lowest BCUT2D eigenvalue weighted by molar-refractivity contribution is 0.478. The van der Waals surface area contributed by atoms with E-state index in [4.69, 9.17) is 16.3 Å². The quantitative estimate of drug-likeness (QED) is 0.784. The van der Waals surface area contributed by atoms with Crippen molar-refractivity contribution in [1.82, 2.24) is 10.2 Å². The fraction of sp³-hybridized carbons (Fsp3) is 0.111. The van der Waals surface area contributed by atoms with Crippen LogP contribution >= 0.6 is 11.6 Å². The van der Waals surface area contributed by atoms with E-state index < -0.39 is 0 Å². The number of ether oxygens (including phenoxy) is 1. The molecule has 0 fully saturated rings. The molecule has 1 aromatic heterocycles. The molecule has 0 spiro atoms. The van der Waals surface area contributed by atoms with E-state index in [2.05, 4.69) is 10.2 Å². The predicted octanol–water partition coefficient (Wildman–Crippen LogP) is 4.11. The van der Waals surface area contributed by atoms with E-state index in [1.54, 1.807) is 18.2 Å². The average Bonchev–Trinajstić information content (AvgIpc) is 2.53. The van der Waals surface area contributed by atoms with Crippen molar-refractivity contribution in [2.45, 2.75) is 13.3 Å². The molecule has 0 amide bonds. The first-order valence-electron chi connectivity index (χ1n) is 7.18. The highest BCUT2D eigenvalue weighted by atomic mass is 35.5. The lowest BCUT2D eigenvalue weighted by Crippen LogP contribution is -2.07. The molecule has 0 radical (unpaired) electrons. The third kappa shape index (κ3) is 3.99. The molecule has 0 aliphatic carbocycles. The maximum absolute atomic E-state index is 11.1. The Morgan fingerprint density at radius 2 is 2.00 bits per heavy atom. The summed E-state index contributed by atoms with van der Waals surface area (Å²) in [7, 11) is 0. The van der Waals surface area contributed by atoms with Crippen LogP contribution in [0.25, 0.3) is 0 Å². The van der Waals surface area contributed by atoms with Crippen molar-refractivity contribution in [2.24, 2.45) is 0 Å². The van der Waals surface area contributed by atoms with E-state index in [0.29, 0.717) is 17.2 Å². The van der Waals surface area contributed by atoms with Gasteiger partial charge in [0.2, 0.25) is 0 Å². The maximum atomic E-state index is 11.1. The van der Waals surface area contributed by atoms with Crippen LogP contribution in [0.15, 0.2) is 59.4 Å². The fourth-order valence-electron chi connectivity index (χ4n) is 2.20. The molecular weight excluding hydrogens is 312 g/mol. The number of rotatable bonds is 4. The standard InChI is InChI=1S/C18H15ClN2O2/c1-12-5-6-13(9-15-7-8-18(22)21-20-15)10-17(12)23-16-4-2-3-14(19)11-16/h2-8,10-11H,9H2,1H3,(H,21,22). The second-order valence-corrected chi connectivity index (χ2v) is 5.69. The van der Waals surface area contributed by atoms with Crippen molar-refractivity contribution in [2.75, 3.05) is 0 Å². The van der Waals surface area contributed by atoms with E-state index in [1.165, 1.54) is 6.07 Å². The number of benzene rings is 2. The fourth-order valence-corrected chi connectivity index (χ4v) is 2.38. The van der Waals surface area contributed by atoms with Crippen LogP contribution < -0.4 is 10.3 Å². The molecule has 3 rings (SSSR count). The van der Waals surface area contributed by atoms with E-state index in [9.17, 15) is 4.79 Å². The lowest BCUT2D eigenvalue weighted by atomic mass is 10.1. The van der Waals surface area contributed by atoms with E-state index in [0.717, 1.165) is 22.6 Å². The smallest absolute Gasteiger partial charge is 0.264 e. The second-order valence-electron chi connectivity index (χ2n) is 5.25. The summed E-state index contributed by atoms with van der Waals surface area (Å²) in [6.45, 7) is 1.99. The number of hydrogen-bond donors (Lipinski definition) is 1. The minimum atomic E-state index is -0.206. The number of aromatic nitrogens is 2. The predicted molar refractivity (Wildman–Crippen MR) is 90.4 cm³/mol. The largest absolute Gasteiger partial charge is 0.457 e. The summed E-state index contributed by atoms with van der Waals surface area (Å²) in [5, 5.41) is 7.10. The summed E-state index contributed by atoms with van der Waals surface area (Å²) >= 11 is 5.98. The molecule has 0 aliphatic heterocycles. The zero-order valence-corrected chi connectivity index (χ0v) is 13.3. The van der Waals surface area contributed by atoms with Crippen LogP contribution in [0.1, 0.15) is 16.8 Å². The van der Waals surface area contributed by atoms with Gasteiger partial charge < -0.3 is 4.74 Å². The summed E-state index contributed by atoms with van der Waals surface area (Å²) in [5.74, 6) is 1.47. The number of aryl methyl sites for hydroxylation is 1.